The molecule has 3 aromatic carbocycles. The van der Waals surface area contributed by atoms with Crippen LogP contribution >= 0.6 is 0 Å². The third-order valence-corrected chi connectivity index (χ3v) is 4.43. The molecule has 4 aromatic rings. The van der Waals surface area contributed by atoms with E-state index in [2.05, 4.69) is 15.5 Å². The zero-order chi connectivity index (χ0) is 18.8. The zero-order valence-electron chi connectivity index (χ0n) is 15.0. The number of methoxy groups -OCH3 is 1. The quantitative estimate of drug-likeness (QED) is 0.398. The molecule has 0 amide bonds. The summed E-state index contributed by atoms with van der Waals surface area (Å²) in [5.41, 5.74) is 6.26. The van der Waals surface area contributed by atoms with E-state index in [1.54, 1.807) is 19.4 Å². The summed E-state index contributed by atoms with van der Waals surface area (Å²) >= 11 is 0. The van der Waals surface area contributed by atoms with Gasteiger partial charge in [-0.25, -0.2) is 4.39 Å². The van der Waals surface area contributed by atoms with Gasteiger partial charge in [-0.3, -0.25) is 10.4 Å². The average Bonchev–Trinajstić information content (AvgIpc) is 2.68. The second-order valence-electron chi connectivity index (χ2n) is 6.25. The monoisotopic (exact) mass is 359 g/mol. The highest BCUT2D eigenvalue weighted by Crippen LogP contribution is 2.28. The Balaban J connectivity index is 1.71. The number of benzene rings is 3. The number of hydrogen-bond donors (Lipinski definition) is 1. The molecule has 0 atom stereocenters. The van der Waals surface area contributed by atoms with Crippen molar-refractivity contribution in [1.82, 2.24) is 4.98 Å². The standard InChI is InChI=1S/C22H18FN3O/c1-14-11-21(19-12-16(23)8-9-20(19)25-14)26-24-13-15-7-10-22(27-2)18-6-4-3-5-17(15)18/h3-13H,1-2H3,(H,25,26)/b24-13-. The molecular formula is C22H18FN3O. The zero-order valence-corrected chi connectivity index (χ0v) is 15.0. The van der Waals surface area contributed by atoms with Gasteiger partial charge in [0.25, 0.3) is 0 Å². The summed E-state index contributed by atoms with van der Waals surface area (Å²) in [4.78, 5) is 4.43. The molecule has 4 rings (SSSR count). The molecule has 0 aliphatic heterocycles. The van der Waals surface area contributed by atoms with Gasteiger partial charge < -0.3 is 4.74 Å². The number of anilines is 1. The number of hydrogen-bond acceptors (Lipinski definition) is 4. The summed E-state index contributed by atoms with van der Waals surface area (Å²) in [6.07, 6.45) is 1.75. The molecule has 0 unspecified atom stereocenters. The number of rotatable bonds is 4. The second-order valence-corrected chi connectivity index (χ2v) is 6.25. The van der Waals surface area contributed by atoms with Gasteiger partial charge in [0, 0.05) is 22.0 Å². The maximum atomic E-state index is 13.6. The summed E-state index contributed by atoms with van der Waals surface area (Å²) in [6, 6.07) is 18.3. The number of aryl methyl sites for hydroxylation is 1. The van der Waals surface area contributed by atoms with Crippen LogP contribution < -0.4 is 10.2 Å². The van der Waals surface area contributed by atoms with Crippen molar-refractivity contribution in [2.24, 2.45) is 5.10 Å². The largest absolute Gasteiger partial charge is 0.496 e. The number of hydrazone groups is 1. The SMILES string of the molecule is COc1ccc(/C=N\Nc2cc(C)nc3ccc(F)cc23)c2ccccc12. The maximum Gasteiger partial charge on any atom is 0.126 e. The van der Waals surface area contributed by atoms with Gasteiger partial charge in [-0.15, -0.1) is 0 Å². The highest BCUT2D eigenvalue weighted by Gasteiger charge is 2.06. The first-order valence-corrected chi connectivity index (χ1v) is 8.57. The van der Waals surface area contributed by atoms with Crippen LogP contribution in [0.5, 0.6) is 5.75 Å². The van der Waals surface area contributed by atoms with Crippen LogP contribution in [0.15, 0.2) is 65.8 Å². The van der Waals surface area contributed by atoms with Crippen LogP contribution in [0.3, 0.4) is 0 Å². The van der Waals surface area contributed by atoms with Crippen molar-refractivity contribution in [1.29, 1.82) is 0 Å². The molecule has 0 fully saturated rings. The molecule has 1 heterocycles. The molecule has 134 valence electrons. The van der Waals surface area contributed by atoms with Crippen LogP contribution in [0.1, 0.15) is 11.3 Å². The van der Waals surface area contributed by atoms with Gasteiger partial charge in [0.05, 0.1) is 24.5 Å². The lowest BCUT2D eigenvalue weighted by Crippen LogP contribution is -1.96. The summed E-state index contributed by atoms with van der Waals surface area (Å²) < 4.78 is 19.1. The van der Waals surface area contributed by atoms with E-state index in [1.807, 2.05) is 49.4 Å². The fourth-order valence-corrected chi connectivity index (χ4v) is 3.18. The predicted octanol–water partition coefficient (Wildman–Crippen LogP) is 5.29. The van der Waals surface area contributed by atoms with Crippen LogP contribution in [-0.4, -0.2) is 18.3 Å². The number of pyridine rings is 1. The lowest BCUT2D eigenvalue weighted by atomic mass is 10.0. The molecule has 5 heteroatoms. The molecular weight excluding hydrogens is 341 g/mol. The summed E-state index contributed by atoms with van der Waals surface area (Å²) in [5, 5.41) is 7.13. The number of halogens is 1. The van der Waals surface area contributed by atoms with Crippen molar-refractivity contribution >= 4 is 33.6 Å². The van der Waals surface area contributed by atoms with Crippen LogP contribution in [-0.2, 0) is 0 Å². The van der Waals surface area contributed by atoms with E-state index in [0.717, 1.165) is 33.3 Å². The van der Waals surface area contributed by atoms with Crippen LogP contribution in [0.2, 0.25) is 0 Å². The number of nitrogens with zero attached hydrogens (tertiary/aromatic N) is 2. The number of aromatic nitrogens is 1. The van der Waals surface area contributed by atoms with E-state index >= 15 is 0 Å². The van der Waals surface area contributed by atoms with E-state index in [4.69, 9.17) is 4.74 Å². The molecule has 0 saturated carbocycles. The van der Waals surface area contributed by atoms with E-state index in [0.29, 0.717) is 11.1 Å². The minimum atomic E-state index is -0.304. The highest BCUT2D eigenvalue weighted by molar-refractivity contribution is 6.02. The third kappa shape index (κ3) is 3.31. The Morgan fingerprint density at radius 2 is 1.81 bits per heavy atom. The first kappa shape index (κ1) is 17.0. The van der Waals surface area contributed by atoms with E-state index in [1.165, 1.54) is 12.1 Å². The average molecular weight is 359 g/mol. The van der Waals surface area contributed by atoms with Gasteiger partial charge in [-0.1, -0.05) is 24.3 Å². The van der Waals surface area contributed by atoms with Crippen LogP contribution in [0, 0.1) is 12.7 Å². The Labute approximate surface area is 156 Å². The number of nitrogens with one attached hydrogen (secondary N) is 1. The fourth-order valence-electron chi connectivity index (χ4n) is 3.18. The molecule has 0 spiro atoms. The van der Waals surface area contributed by atoms with E-state index in [9.17, 15) is 4.39 Å². The summed E-state index contributed by atoms with van der Waals surface area (Å²) in [5.74, 6) is 0.517. The molecule has 4 nitrogen and oxygen atoms in total. The maximum absolute atomic E-state index is 13.6. The van der Waals surface area contributed by atoms with Crippen molar-refractivity contribution in [3.05, 3.63) is 77.7 Å². The van der Waals surface area contributed by atoms with E-state index < -0.39 is 0 Å². The molecule has 1 aromatic heterocycles. The van der Waals surface area contributed by atoms with Crippen molar-refractivity contribution in [3.63, 3.8) is 0 Å². The Bertz CT molecular complexity index is 1170. The van der Waals surface area contributed by atoms with Gasteiger partial charge in [0.2, 0.25) is 0 Å². The molecule has 0 saturated heterocycles. The topological polar surface area (TPSA) is 46.5 Å². The second kappa shape index (κ2) is 7.03. The minimum absolute atomic E-state index is 0.304. The number of ether oxygens (including phenoxy) is 1. The molecule has 0 aliphatic rings. The lowest BCUT2D eigenvalue weighted by Gasteiger charge is -2.09. The summed E-state index contributed by atoms with van der Waals surface area (Å²) in [6.45, 7) is 1.90. The normalized spacial score (nSPS) is 11.4. The molecule has 0 radical (unpaired) electrons. The summed E-state index contributed by atoms with van der Waals surface area (Å²) in [7, 11) is 1.66. The smallest absolute Gasteiger partial charge is 0.126 e. The van der Waals surface area contributed by atoms with Gasteiger partial charge in [0.1, 0.15) is 11.6 Å². The molecule has 1 N–H and O–H groups in total. The van der Waals surface area contributed by atoms with Gasteiger partial charge in [-0.05, 0) is 48.7 Å². The van der Waals surface area contributed by atoms with Crippen molar-refractivity contribution in [2.45, 2.75) is 6.92 Å². The molecule has 27 heavy (non-hydrogen) atoms. The van der Waals surface area contributed by atoms with Gasteiger partial charge >= 0.3 is 0 Å². The van der Waals surface area contributed by atoms with E-state index in [-0.39, 0.29) is 5.82 Å². The van der Waals surface area contributed by atoms with Crippen LogP contribution in [0.4, 0.5) is 10.1 Å². The lowest BCUT2D eigenvalue weighted by molar-refractivity contribution is 0.420. The first-order valence-electron chi connectivity index (χ1n) is 8.57. The third-order valence-electron chi connectivity index (χ3n) is 4.43. The Morgan fingerprint density at radius 1 is 1.00 bits per heavy atom. The first-order chi connectivity index (χ1) is 13.2. The van der Waals surface area contributed by atoms with Gasteiger partial charge in [0.15, 0.2) is 0 Å². The Hall–Kier alpha value is -3.47. The van der Waals surface area contributed by atoms with Crippen molar-refractivity contribution in [3.8, 4) is 5.75 Å². The van der Waals surface area contributed by atoms with Gasteiger partial charge in [-0.2, -0.15) is 5.10 Å². The van der Waals surface area contributed by atoms with Crippen molar-refractivity contribution in [2.75, 3.05) is 12.5 Å². The number of fused-ring (bicyclic) bond motifs is 2. The fraction of sp³-hybridized carbons (Fsp3) is 0.0909. The molecule has 0 aliphatic carbocycles. The Kier molecular flexibility index (Phi) is 4.42. The van der Waals surface area contributed by atoms with Crippen molar-refractivity contribution < 1.29 is 9.13 Å². The Morgan fingerprint density at radius 3 is 2.63 bits per heavy atom. The molecule has 0 bridgehead atoms. The minimum Gasteiger partial charge on any atom is -0.496 e. The highest BCUT2D eigenvalue weighted by atomic mass is 19.1. The predicted molar refractivity (Wildman–Crippen MR) is 108 cm³/mol. The van der Waals surface area contributed by atoms with Crippen LogP contribution in [0.25, 0.3) is 21.7 Å².